The summed E-state index contributed by atoms with van der Waals surface area (Å²) in [6.07, 6.45) is 0.992. The van der Waals surface area contributed by atoms with E-state index in [9.17, 15) is 9.18 Å². The van der Waals surface area contributed by atoms with Gasteiger partial charge in [-0.3, -0.25) is 4.79 Å². The number of amides is 1. The van der Waals surface area contributed by atoms with Crippen molar-refractivity contribution in [1.29, 1.82) is 0 Å². The van der Waals surface area contributed by atoms with E-state index in [1.165, 1.54) is 12.1 Å². The van der Waals surface area contributed by atoms with Crippen LogP contribution in [0.1, 0.15) is 37.3 Å². The third kappa shape index (κ3) is 3.74. The van der Waals surface area contributed by atoms with E-state index in [0.29, 0.717) is 37.7 Å². The minimum Gasteiger partial charge on any atom is -0.494 e. The predicted octanol–water partition coefficient (Wildman–Crippen LogP) is 4.14. The van der Waals surface area contributed by atoms with Gasteiger partial charge in [0.1, 0.15) is 17.6 Å². The number of rotatable bonds is 6. The second kappa shape index (κ2) is 7.80. The van der Waals surface area contributed by atoms with Crippen molar-refractivity contribution in [2.24, 2.45) is 0 Å². The molecule has 0 saturated carbocycles. The van der Waals surface area contributed by atoms with Crippen LogP contribution in [0.2, 0.25) is 0 Å². The smallest absolute Gasteiger partial charge is 0.249 e. The number of nitrogens with zero attached hydrogens (tertiary/aromatic N) is 3. The molecule has 1 amide bonds. The Bertz CT molecular complexity index is 988. The van der Waals surface area contributed by atoms with Crippen LogP contribution < -0.4 is 4.74 Å². The first-order valence-corrected chi connectivity index (χ1v) is 9.25. The van der Waals surface area contributed by atoms with E-state index in [4.69, 9.17) is 9.26 Å². The van der Waals surface area contributed by atoms with Gasteiger partial charge in [0.25, 0.3) is 0 Å². The molecule has 6 nitrogen and oxygen atoms in total. The molecule has 1 saturated heterocycles. The van der Waals surface area contributed by atoms with Crippen molar-refractivity contribution in [2.45, 2.75) is 32.4 Å². The molecule has 1 aliphatic rings. The van der Waals surface area contributed by atoms with Gasteiger partial charge in [-0.15, -0.1) is 0 Å². The molecule has 4 rings (SSSR count). The van der Waals surface area contributed by atoms with Crippen molar-refractivity contribution in [3.8, 4) is 17.1 Å². The Hall–Kier alpha value is -3.22. The number of likely N-dealkylation sites (tertiary alicyclic amines) is 1. The summed E-state index contributed by atoms with van der Waals surface area (Å²) in [5, 5.41) is 4.07. The molecular weight excluding hydrogens is 361 g/mol. The van der Waals surface area contributed by atoms with E-state index >= 15 is 0 Å². The van der Waals surface area contributed by atoms with E-state index < -0.39 is 0 Å². The number of hydrogen-bond donors (Lipinski definition) is 0. The first-order valence-electron chi connectivity index (χ1n) is 9.25. The number of halogens is 1. The number of ether oxygens (including phenoxy) is 1. The average molecular weight is 381 g/mol. The summed E-state index contributed by atoms with van der Waals surface area (Å²) >= 11 is 0. The van der Waals surface area contributed by atoms with Crippen molar-refractivity contribution in [3.05, 3.63) is 65.8 Å². The molecule has 0 bridgehead atoms. The highest BCUT2D eigenvalue weighted by atomic mass is 19.1. The zero-order chi connectivity index (χ0) is 19.5. The zero-order valence-electron chi connectivity index (χ0n) is 15.5. The Labute approximate surface area is 161 Å². The maximum absolute atomic E-state index is 13.5. The van der Waals surface area contributed by atoms with Crippen LogP contribution in [-0.2, 0) is 11.3 Å². The molecule has 1 fully saturated rings. The van der Waals surface area contributed by atoms with Crippen molar-refractivity contribution in [1.82, 2.24) is 15.0 Å². The van der Waals surface area contributed by atoms with E-state index in [1.807, 2.05) is 31.2 Å². The van der Waals surface area contributed by atoms with Crippen molar-refractivity contribution < 1.29 is 18.4 Å². The summed E-state index contributed by atoms with van der Waals surface area (Å²) in [6, 6.07) is 13.4. The monoisotopic (exact) mass is 381 g/mol. The fourth-order valence-corrected chi connectivity index (χ4v) is 3.40. The summed E-state index contributed by atoms with van der Waals surface area (Å²) < 4.78 is 24.5. The molecule has 1 atom stereocenters. The molecule has 0 aliphatic carbocycles. The molecule has 1 aromatic heterocycles. The number of carbonyl (C=O) groups excluding carboxylic acids is 1. The van der Waals surface area contributed by atoms with Gasteiger partial charge in [-0.1, -0.05) is 29.4 Å². The maximum Gasteiger partial charge on any atom is 0.249 e. The second-order valence-corrected chi connectivity index (χ2v) is 6.62. The molecule has 0 spiro atoms. The fourth-order valence-electron chi connectivity index (χ4n) is 3.40. The van der Waals surface area contributed by atoms with E-state index in [2.05, 4.69) is 10.1 Å². The van der Waals surface area contributed by atoms with E-state index in [0.717, 1.165) is 16.9 Å². The van der Waals surface area contributed by atoms with Crippen LogP contribution in [0.15, 0.2) is 53.1 Å². The van der Waals surface area contributed by atoms with Crippen LogP contribution >= 0.6 is 0 Å². The minimum absolute atomic E-state index is 0.00708. The molecule has 0 N–H and O–H groups in total. The van der Waals surface area contributed by atoms with Gasteiger partial charge >= 0.3 is 0 Å². The maximum atomic E-state index is 13.5. The van der Waals surface area contributed by atoms with E-state index in [1.54, 1.807) is 17.0 Å². The molecule has 0 radical (unpaired) electrons. The Morgan fingerprint density at radius 1 is 1.25 bits per heavy atom. The Morgan fingerprint density at radius 2 is 2.11 bits per heavy atom. The number of benzene rings is 2. The highest BCUT2D eigenvalue weighted by Crippen LogP contribution is 2.34. The van der Waals surface area contributed by atoms with Gasteiger partial charge in [0.15, 0.2) is 0 Å². The molecule has 144 valence electrons. The first kappa shape index (κ1) is 18.2. The second-order valence-electron chi connectivity index (χ2n) is 6.62. The highest BCUT2D eigenvalue weighted by Gasteiger charge is 2.36. The van der Waals surface area contributed by atoms with Crippen LogP contribution in [0.3, 0.4) is 0 Å². The van der Waals surface area contributed by atoms with Gasteiger partial charge in [-0.25, -0.2) is 4.39 Å². The van der Waals surface area contributed by atoms with Crippen molar-refractivity contribution in [3.63, 3.8) is 0 Å². The lowest BCUT2D eigenvalue weighted by molar-refractivity contribution is -0.130. The summed E-state index contributed by atoms with van der Waals surface area (Å²) in [7, 11) is 0. The quantitative estimate of drug-likeness (QED) is 0.642. The van der Waals surface area contributed by atoms with Gasteiger partial charge in [-0.2, -0.15) is 4.98 Å². The van der Waals surface area contributed by atoms with Gasteiger partial charge in [0, 0.05) is 18.5 Å². The topological polar surface area (TPSA) is 68.5 Å². The molecule has 28 heavy (non-hydrogen) atoms. The van der Waals surface area contributed by atoms with Crippen LogP contribution in [0.25, 0.3) is 11.4 Å². The molecule has 1 aliphatic heterocycles. The first-order chi connectivity index (χ1) is 13.6. The largest absolute Gasteiger partial charge is 0.494 e. The van der Waals surface area contributed by atoms with Gasteiger partial charge in [0.05, 0.1) is 6.61 Å². The molecule has 7 heteroatoms. The standard InChI is InChI=1S/C21H20FN3O3/c1-2-27-17-8-4-6-15(12-17)20-23-21(28-24-20)18-9-10-19(26)25(18)13-14-5-3-7-16(22)11-14/h3-8,11-12,18H,2,9-10,13H2,1H3. The summed E-state index contributed by atoms with van der Waals surface area (Å²) in [5.74, 6) is 1.23. The lowest BCUT2D eigenvalue weighted by atomic mass is 10.1. The zero-order valence-corrected chi connectivity index (χ0v) is 15.5. The lowest BCUT2D eigenvalue weighted by Gasteiger charge is -2.22. The van der Waals surface area contributed by atoms with Crippen LogP contribution in [-0.4, -0.2) is 27.6 Å². The van der Waals surface area contributed by atoms with E-state index in [-0.39, 0.29) is 17.8 Å². The molecular formula is C21H20FN3O3. The predicted molar refractivity (Wildman–Crippen MR) is 99.8 cm³/mol. The summed E-state index contributed by atoms with van der Waals surface area (Å²) in [5.41, 5.74) is 1.51. The SMILES string of the molecule is CCOc1cccc(-c2noc(C3CCC(=O)N3Cc3cccc(F)c3)n2)c1. The van der Waals surface area contributed by atoms with Crippen molar-refractivity contribution in [2.75, 3.05) is 6.61 Å². The van der Waals surface area contributed by atoms with Gasteiger partial charge < -0.3 is 14.2 Å². The highest BCUT2D eigenvalue weighted by molar-refractivity contribution is 5.78. The summed E-state index contributed by atoms with van der Waals surface area (Å²) in [6.45, 7) is 2.79. The Kier molecular flexibility index (Phi) is 5.06. The third-order valence-electron chi connectivity index (χ3n) is 4.70. The fraction of sp³-hybridized carbons (Fsp3) is 0.286. The van der Waals surface area contributed by atoms with Gasteiger partial charge in [0.2, 0.25) is 17.6 Å². The molecule has 2 heterocycles. The normalized spacial score (nSPS) is 16.6. The summed E-state index contributed by atoms with van der Waals surface area (Å²) in [4.78, 5) is 18.5. The van der Waals surface area contributed by atoms with Crippen LogP contribution in [0.4, 0.5) is 4.39 Å². The lowest BCUT2D eigenvalue weighted by Crippen LogP contribution is -2.27. The third-order valence-corrected chi connectivity index (χ3v) is 4.70. The molecule has 1 unspecified atom stereocenters. The Morgan fingerprint density at radius 3 is 2.93 bits per heavy atom. The molecule has 3 aromatic rings. The average Bonchev–Trinajstić information content (AvgIpc) is 3.30. The molecule has 2 aromatic carbocycles. The van der Waals surface area contributed by atoms with Crippen molar-refractivity contribution >= 4 is 5.91 Å². The Balaban J connectivity index is 1.56. The van der Waals surface area contributed by atoms with Crippen LogP contribution in [0.5, 0.6) is 5.75 Å². The number of hydrogen-bond acceptors (Lipinski definition) is 5. The number of aromatic nitrogens is 2. The van der Waals surface area contributed by atoms with Crippen LogP contribution in [0, 0.1) is 5.82 Å². The minimum atomic E-state index is -0.324. The number of carbonyl (C=O) groups is 1. The van der Waals surface area contributed by atoms with Gasteiger partial charge in [-0.05, 0) is 43.2 Å².